The van der Waals surface area contributed by atoms with E-state index in [1.165, 1.54) is 11.3 Å². The summed E-state index contributed by atoms with van der Waals surface area (Å²) in [5, 5.41) is 13.0. The molecule has 0 aliphatic carbocycles. The first kappa shape index (κ1) is 11.1. The van der Waals surface area contributed by atoms with E-state index in [-0.39, 0.29) is 0 Å². The molecule has 0 saturated carbocycles. The molecular formula is C9H14BrNOS. The lowest BCUT2D eigenvalue weighted by atomic mass is 9.96. The summed E-state index contributed by atoms with van der Waals surface area (Å²) >= 11 is 4.81. The summed E-state index contributed by atoms with van der Waals surface area (Å²) in [6.45, 7) is 4.06. The van der Waals surface area contributed by atoms with E-state index in [1.807, 2.05) is 12.3 Å². The van der Waals surface area contributed by atoms with E-state index < -0.39 is 5.60 Å². The third kappa shape index (κ3) is 2.51. The van der Waals surface area contributed by atoms with Gasteiger partial charge in [-0.05, 0) is 28.8 Å². The fourth-order valence-electron chi connectivity index (χ4n) is 1.32. The van der Waals surface area contributed by atoms with Gasteiger partial charge in [0, 0.05) is 5.38 Å². The van der Waals surface area contributed by atoms with Crippen molar-refractivity contribution < 1.29 is 5.11 Å². The fraction of sp³-hybridized carbons (Fsp3) is 0.667. The predicted octanol–water partition coefficient (Wildman–Crippen LogP) is 3.30. The van der Waals surface area contributed by atoms with E-state index in [0.717, 1.165) is 28.9 Å². The molecule has 0 aliphatic rings. The lowest BCUT2D eigenvalue weighted by molar-refractivity contribution is 0.0223. The molecule has 0 amide bonds. The van der Waals surface area contributed by atoms with Crippen LogP contribution < -0.4 is 0 Å². The number of nitrogens with zero attached hydrogens (tertiary/aromatic N) is 1. The highest BCUT2D eigenvalue weighted by Crippen LogP contribution is 2.33. The first-order chi connectivity index (χ1) is 6.12. The molecule has 74 valence electrons. The van der Waals surface area contributed by atoms with Gasteiger partial charge in [0.1, 0.15) is 15.2 Å². The van der Waals surface area contributed by atoms with Gasteiger partial charge in [-0.25, -0.2) is 4.98 Å². The van der Waals surface area contributed by atoms with Crippen LogP contribution in [0.1, 0.15) is 38.1 Å². The molecule has 0 spiro atoms. The van der Waals surface area contributed by atoms with Gasteiger partial charge >= 0.3 is 0 Å². The van der Waals surface area contributed by atoms with Crippen molar-refractivity contribution in [3.63, 3.8) is 0 Å². The average Bonchev–Trinajstić information content (AvgIpc) is 2.52. The third-order valence-electron chi connectivity index (χ3n) is 2.12. The van der Waals surface area contributed by atoms with E-state index >= 15 is 0 Å². The van der Waals surface area contributed by atoms with Crippen molar-refractivity contribution in [3.8, 4) is 0 Å². The van der Waals surface area contributed by atoms with E-state index in [2.05, 4.69) is 27.8 Å². The van der Waals surface area contributed by atoms with Crippen molar-refractivity contribution in [1.29, 1.82) is 0 Å². The Hall–Kier alpha value is 0.0700. The Morgan fingerprint density at radius 3 is 2.69 bits per heavy atom. The van der Waals surface area contributed by atoms with Crippen LogP contribution in [0.15, 0.2) is 9.98 Å². The lowest BCUT2D eigenvalue weighted by Crippen LogP contribution is -2.24. The summed E-state index contributed by atoms with van der Waals surface area (Å²) in [6.07, 6.45) is 2.48. The first-order valence-corrected chi connectivity index (χ1v) is 6.13. The molecule has 0 fully saturated rings. The molecular weight excluding hydrogens is 250 g/mol. The van der Waals surface area contributed by atoms with E-state index in [4.69, 9.17) is 0 Å². The van der Waals surface area contributed by atoms with E-state index in [0.29, 0.717) is 0 Å². The second kappa shape index (κ2) is 4.53. The molecule has 13 heavy (non-hydrogen) atoms. The second-order valence-corrected chi connectivity index (χ2v) is 4.78. The minimum atomic E-state index is -0.717. The van der Waals surface area contributed by atoms with Crippen LogP contribution in [0.25, 0.3) is 0 Å². The van der Waals surface area contributed by atoms with Crippen LogP contribution >= 0.6 is 27.3 Å². The molecule has 1 N–H and O–H groups in total. The number of aromatic nitrogens is 1. The monoisotopic (exact) mass is 263 g/mol. The third-order valence-corrected chi connectivity index (χ3v) is 3.87. The zero-order valence-corrected chi connectivity index (χ0v) is 10.3. The number of halogens is 1. The molecule has 4 heteroatoms. The highest BCUT2D eigenvalue weighted by molar-refractivity contribution is 9.10. The van der Waals surface area contributed by atoms with Crippen molar-refractivity contribution in [2.75, 3.05) is 0 Å². The van der Waals surface area contributed by atoms with Crippen LogP contribution in [0.5, 0.6) is 0 Å². The Morgan fingerprint density at radius 1 is 1.62 bits per heavy atom. The van der Waals surface area contributed by atoms with Gasteiger partial charge in [-0.3, -0.25) is 0 Å². The number of hydrogen-bond donors (Lipinski definition) is 1. The normalized spacial score (nSPS) is 15.7. The van der Waals surface area contributed by atoms with E-state index in [1.54, 1.807) is 0 Å². The number of hydrogen-bond acceptors (Lipinski definition) is 3. The quantitative estimate of drug-likeness (QED) is 0.905. The summed E-state index contributed by atoms with van der Waals surface area (Å²) in [4.78, 5) is 4.26. The summed E-state index contributed by atoms with van der Waals surface area (Å²) in [6, 6.07) is 0. The highest BCUT2D eigenvalue weighted by Gasteiger charge is 2.29. The minimum absolute atomic E-state index is 0.717. The zero-order valence-electron chi connectivity index (χ0n) is 7.88. The van der Waals surface area contributed by atoms with Crippen LogP contribution in [0.3, 0.4) is 0 Å². The highest BCUT2D eigenvalue weighted by atomic mass is 79.9. The minimum Gasteiger partial charge on any atom is -0.383 e. The van der Waals surface area contributed by atoms with Crippen LogP contribution in [0, 0.1) is 0 Å². The standard InChI is InChI=1S/C9H14BrNOS/c1-3-5-9(12,4-2)8-11-7(10)6-13-8/h6,12H,3-5H2,1-2H3. The number of aliphatic hydroxyl groups is 1. The molecule has 1 unspecified atom stereocenters. The van der Waals surface area contributed by atoms with Gasteiger partial charge in [0.2, 0.25) is 0 Å². The molecule has 2 nitrogen and oxygen atoms in total. The Morgan fingerprint density at radius 2 is 2.31 bits per heavy atom. The smallest absolute Gasteiger partial charge is 0.126 e. The molecule has 1 aromatic heterocycles. The van der Waals surface area contributed by atoms with Crippen molar-refractivity contribution in [1.82, 2.24) is 4.98 Å². The Labute approximate surface area is 91.1 Å². The number of rotatable bonds is 4. The summed E-state index contributed by atoms with van der Waals surface area (Å²) < 4.78 is 0.815. The molecule has 1 aromatic rings. The lowest BCUT2D eigenvalue weighted by Gasteiger charge is -2.23. The fourth-order valence-corrected chi connectivity index (χ4v) is 2.77. The predicted molar refractivity (Wildman–Crippen MR) is 58.9 cm³/mol. The van der Waals surface area contributed by atoms with Crippen LogP contribution in [-0.4, -0.2) is 10.1 Å². The molecule has 0 aromatic carbocycles. The maximum absolute atomic E-state index is 10.2. The molecule has 1 heterocycles. The van der Waals surface area contributed by atoms with Crippen LogP contribution in [0.4, 0.5) is 0 Å². The zero-order chi connectivity index (χ0) is 9.90. The Kier molecular flexibility index (Phi) is 3.88. The summed E-state index contributed by atoms with van der Waals surface area (Å²) in [5.74, 6) is 0. The van der Waals surface area contributed by atoms with Gasteiger partial charge in [-0.2, -0.15) is 0 Å². The van der Waals surface area contributed by atoms with Gasteiger partial charge in [-0.1, -0.05) is 20.3 Å². The number of thiazole rings is 1. The van der Waals surface area contributed by atoms with Gasteiger partial charge in [0.15, 0.2) is 0 Å². The first-order valence-electron chi connectivity index (χ1n) is 4.46. The van der Waals surface area contributed by atoms with E-state index in [9.17, 15) is 5.11 Å². The van der Waals surface area contributed by atoms with Gasteiger partial charge in [0.05, 0.1) is 0 Å². The largest absolute Gasteiger partial charge is 0.383 e. The van der Waals surface area contributed by atoms with Gasteiger partial charge in [-0.15, -0.1) is 11.3 Å². The molecule has 1 atom stereocenters. The SMILES string of the molecule is CCCC(O)(CC)c1nc(Br)cs1. The van der Waals surface area contributed by atoms with Crippen molar-refractivity contribution in [2.24, 2.45) is 0 Å². The molecule has 0 saturated heterocycles. The van der Waals surface area contributed by atoms with Gasteiger partial charge in [0.25, 0.3) is 0 Å². The van der Waals surface area contributed by atoms with Crippen LogP contribution in [0.2, 0.25) is 0 Å². The maximum atomic E-state index is 10.2. The summed E-state index contributed by atoms with van der Waals surface area (Å²) in [7, 11) is 0. The summed E-state index contributed by atoms with van der Waals surface area (Å²) in [5.41, 5.74) is -0.717. The Bertz CT molecular complexity index is 276. The van der Waals surface area contributed by atoms with Gasteiger partial charge < -0.3 is 5.11 Å². The second-order valence-electron chi connectivity index (χ2n) is 3.11. The Balaban J connectivity index is 2.88. The molecule has 1 rings (SSSR count). The van der Waals surface area contributed by atoms with Crippen LogP contribution in [-0.2, 0) is 5.60 Å². The molecule has 0 radical (unpaired) electrons. The van der Waals surface area contributed by atoms with Crippen molar-refractivity contribution >= 4 is 27.3 Å². The molecule has 0 aliphatic heterocycles. The van der Waals surface area contributed by atoms with Crippen molar-refractivity contribution in [3.05, 3.63) is 15.0 Å². The van der Waals surface area contributed by atoms with Crippen molar-refractivity contribution in [2.45, 2.75) is 38.7 Å². The molecule has 0 bridgehead atoms. The topological polar surface area (TPSA) is 33.1 Å². The average molecular weight is 264 g/mol. The maximum Gasteiger partial charge on any atom is 0.126 e.